The van der Waals surface area contributed by atoms with Crippen molar-refractivity contribution in [2.75, 3.05) is 7.11 Å². The minimum absolute atomic E-state index is 0.0627. The second-order valence-corrected chi connectivity index (χ2v) is 6.73. The number of alkyl carbamates (subject to hydrolysis) is 1. The first kappa shape index (κ1) is 15.2. The summed E-state index contributed by atoms with van der Waals surface area (Å²) < 4.78 is 11.8. The van der Waals surface area contributed by atoms with E-state index in [0.717, 1.165) is 28.6 Å². The van der Waals surface area contributed by atoms with E-state index in [9.17, 15) is 4.79 Å². The van der Waals surface area contributed by atoms with Gasteiger partial charge in [0, 0.05) is 10.0 Å². The number of nitrogens with one attached hydrogen (secondary N) is 1. The van der Waals surface area contributed by atoms with E-state index in [-0.39, 0.29) is 6.04 Å². The highest BCUT2D eigenvalue weighted by atomic mass is 79.9. The van der Waals surface area contributed by atoms with Crippen molar-refractivity contribution in [3.8, 4) is 5.75 Å². The van der Waals surface area contributed by atoms with E-state index in [1.54, 1.807) is 7.11 Å². The van der Waals surface area contributed by atoms with Gasteiger partial charge in [-0.2, -0.15) is 0 Å². The molecular formula is C15H20BrNO3. The Balaban J connectivity index is 2.19. The molecule has 0 saturated heterocycles. The number of rotatable bonds is 2. The number of carbonyl (C=O) groups is 1. The maximum atomic E-state index is 11.9. The highest BCUT2D eigenvalue weighted by Crippen LogP contribution is 2.41. The lowest BCUT2D eigenvalue weighted by Crippen LogP contribution is -2.34. The summed E-state index contributed by atoms with van der Waals surface area (Å²) in [6, 6.07) is 3.83. The zero-order valence-electron chi connectivity index (χ0n) is 12.2. The molecule has 110 valence electrons. The number of amides is 1. The largest absolute Gasteiger partial charge is 0.496 e. The Morgan fingerprint density at radius 1 is 1.40 bits per heavy atom. The van der Waals surface area contributed by atoms with E-state index in [1.807, 2.05) is 32.9 Å². The fraction of sp³-hybridized carbons (Fsp3) is 0.533. The fourth-order valence-electron chi connectivity index (χ4n) is 2.46. The molecule has 1 aliphatic carbocycles. The van der Waals surface area contributed by atoms with Crippen molar-refractivity contribution in [1.82, 2.24) is 5.32 Å². The fourth-order valence-corrected chi connectivity index (χ4v) is 3.00. The smallest absolute Gasteiger partial charge is 0.408 e. The molecule has 0 radical (unpaired) electrons. The van der Waals surface area contributed by atoms with Gasteiger partial charge in [0.2, 0.25) is 0 Å². The maximum absolute atomic E-state index is 11.9. The summed E-state index contributed by atoms with van der Waals surface area (Å²) in [5.74, 6) is 0.807. The van der Waals surface area contributed by atoms with Crippen LogP contribution in [0.1, 0.15) is 44.4 Å². The topological polar surface area (TPSA) is 47.6 Å². The van der Waals surface area contributed by atoms with Crippen LogP contribution in [0, 0.1) is 0 Å². The van der Waals surface area contributed by atoms with Crippen LogP contribution in [0.3, 0.4) is 0 Å². The molecule has 4 nitrogen and oxygen atoms in total. The van der Waals surface area contributed by atoms with E-state index in [0.29, 0.717) is 0 Å². The molecule has 20 heavy (non-hydrogen) atoms. The van der Waals surface area contributed by atoms with Gasteiger partial charge in [-0.3, -0.25) is 0 Å². The van der Waals surface area contributed by atoms with Gasteiger partial charge in [-0.1, -0.05) is 15.9 Å². The van der Waals surface area contributed by atoms with Gasteiger partial charge in [-0.25, -0.2) is 4.79 Å². The van der Waals surface area contributed by atoms with E-state index in [2.05, 4.69) is 21.2 Å². The second-order valence-electron chi connectivity index (χ2n) is 5.88. The third-order valence-corrected chi connectivity index (χ3v) is 3.95. The van der Waals surface area contributed by atoms with Crippen LogP contribution in [-0.4, -0.2) is 18.8 Å². The molecule has 1 aliphatic rings. The number of hydrogen-bond acceptors (Lipinski definition) is 3. The number of benzene rings is 1. The van der Waals surface area contributed by atoms with E-state index in [4.69, 9.17) is 9.47 Å². The van der Waals surface area contributed by atoms with E-state index in [1.165, 1.54) is 5.56 Å². The molecule has 1 aromatic carbocycles. The molecule has 1 atom stereocenters. The predicted octanol–water partition coefficient (Wildman–Crippen LogP) is 3.97. The Morgan fingerprint density at radius 2 is 2.10 bits per heavy atom. The Kier molecular flexibility index (Phi) is 4.28. The van der Waals surface area contributed by atoms with E-state index < -0.39 is 11.7 Å². The summed E-state index contributed by atoms with van der Waals surface area (Å²) in [6.07, 6.45) is 1.37. The lowest BCUT2D eigenvalue weighted by Gasteiger charge is -2.22. The Bertz CT molecular complexity index is 523. The Labute approximate surface area is 128 Å². The van der Waals surface area contributed by atoms with Gasteiger partial charge in [-0.15, -0.1) is 0 Å². The Hall–Kier alpha value is -1.23. The summed E-state index contributed by atoms with van der Waals surface area (Å²) in [5, 5.41) is 2.93. The normalized spacial score (nSPS) is 17.6. The average Bonchev–Trinajstić information content (AvgIpc) is 2.72. The predicted molar refractivity (Wildman–Crippen MR) is 81.1 cm³/mol. The molecule has 1 aromatic rings. The van der Waals surface area contributed by atoms with Crippen LogP contribution in [0.4, 0.5) is 4.79 Å². The molecule has 2 rings (SSSR count). The molecule has 1 unspecified atom stereocenters. The third kappa shape index (κ3) is 3.26. The van der Waals surface area contributed by atoms with Gasteiger partial charge in [-0.05, 0) is 51.3 Å². The Morgan fingerprint density at radius 3 is 2.70 bits per heavy atom. The van der Waals surface area contributed by atoms with Crippen LogP contribution < -0.4 is 10.1 Å². The van der Waals surface area contributed by atoms with Crippen molar-refractivity contribution in [3.05, 3.63) is 27.7 Å². The highest BCUT2D eigenvalue weighted by Gasteiger charge is 2.30. The first-order valence-corrected chi connectivity index (χ1v) is 7.46. The van der Waals surface area contributed by atoms with Crippen molar-refractivity contribution in [2.45, 2.75) is 45.3 Å². The van der Waals surface area contributed by atoms with Gasteiger partial charge in [0.1, 0.15) is 11.4 Å². The summed E-state index contributed by atoms with van der Waals surface area (Å²) in [7, 11) is 1.65. The zero-order chi connectivity index (χ0) is 14.9. The lowest BCUT2D eigenvalue weighted by molar-refractivity contribution is 0.0503. The minimum Gasteiger partial charge on any atom is -0.496 e. The molecule has 0 heterocycles. The van der Waals surface area contributed by atoms with E-state index >= 15 is 0 Å². The monoisotopic (exact) mass is 341 g/mol. The molecule has 1 N–H and O–H groups in total. The summed E-state index contributed by atoms with van der Waals surface area (Å²) >= 11 is 3.55. The van der Waals surface area contributed by atoms with Gasteiger partial charge < -0.3 is 14.8 Å². The molecule has 0 bridgehead atoms. The van der Waals surface area contributed by atoms with Crippen LogP contribution >= 0.6 is 15.9 Å². The molecule has 5 heteroatoms. The van der Waals surface area contributed by atoms with Gasteiger partial charge in [0.05, 0.1) is 13.2 Å². The second kappa shape index (κ2) is 5.64. The van der Waals surface area contributed by atoms with Crippen LogP contribution in [-0.2, 0) is 11.2 Å². The van der Waals surface area contributed by atoms with Crippen LogP contribution in [0.2, 0.25) is 0 Å². The average molecular weight is 342 g/mol. The maximum Gasteiger partial charge on any atom is 0.408 e. The molecule has 0 aromatic heterocycles. The van der Waals surface area contributed by atoms with Crippen LogP contribution in [0.5, 0.6) is 5.75 Å². The van der Waals surface area contributed by atoms with Crippen molar-refractivity contribution in [3.63, 3.8) is 0 Å². The molecule has 1 amide bonds. The van der Waals surface area contributed by atoms with Crippen molar-refractivity contribution >= 4 is 22.0 Å². The number of methoxy groups -OCH3 is 1. The first-order chi connectivity index (χ1) is 9.31. The van der Waals surface area contributed by atoms with Gasteiger partial charge >= 0.3 is 6.09 Å². The summed E-state index contributed by atoms with van der Waals surface area (Å²) in [6.45, 7) is 5.56. The SMILES string of the molecule is COc1ccc(Br)c2c1C(NC(=O)OC(C)(C)C)CC2. The first-order valence-electron chi connectivity index (χ1n) is 6.66. The molecule has 0 aliphatic heterocycles. The molecule has 0 fully saturated rings. The summed E-state index contributed by atoms with van der Waals surface area (Å²) in [4.78, 5) is 11.9. The van der Waals surface area contributed by atoms with Gasteiger partial charge in [0.15, 0.2) is 0 Å². The number of carbonyl (C=O) groups excluding carboxylic acids is 1. The lowest BCUT2D eigenvalue weighted by atomic mass is 10.1. The standard InChI is InChI=1S/C15H20BrNO3/c1-15(2,3)20-14(18)17-11-7-5-9-10(16)6-8-12(19-4)13(9)11/h6,8,11H,5,7H2,1-4H3,(H,17,18). The van der Waals surface area contributed by atoms with Crippen molar-refractivity contribution in [1.29, 1.82) is 0 Å². The third-order valence-electron chi connectivity index (χ3n) is 3.20. The van der Waals surface area contributed by atoms with Crippen LogP contribution in [0.15, 0.2) is 16.6 Å². The van der Waals surface area contributed by atoms with Crippen LogP contribution in [0.25, 0.3) is 0 Å². The van der Waals surface area contributed by atoms with Crippen molar-refractivity contribution < 1.29 is 14.3 Å². The molecule has 0 saturated carbocycles. The molecule has 0 spiro atoms. The quantitative estimate of drug-likeness (QED) is 0.885. The number of halogens is 1. The molecular weight excluding hydrogens is 322 g/mol. The number of ether oxygens (including phenoxy) is 2. The van der Waals surface area contributed by atoms with Crippen molar-refractivity contribution in [2.24, 2.45) is 0 Å². The number of fused-ring (bicyclic) bond motifs is 1. The summed E-state index contributed by atoms with van der Waals surface area (Å²) in [5.41, 5.74) is 1.76. The van der Waals surface area contributed by atoms with Gasteiger partial charge in [0.25, 0.3) is 0 Å². The number of hydrogen-bond donors (Lipinski definition) is 1. The zero-order valence-corrected chi connectivity index (χ0v) is 13.8. The minimum atomic E-state index is -0.493. The highest BCUT2D eigenvalue weighted by molar-refractivity contribution is 9.10.